The van der Waals surface area contributed by atoms with Gasteiger partial charge in [-0.1, -0.05) is 42.5 Å². The summed E-state index contributed by atoms with van der Waals surface area (Å²) < 4.78 is 80.6. The monoisotopic (exact) mass is 844 g/mol. The van der Waals surface area contributed by atoms with Crippen LogP contribution in [0.2, 0.25) is 0 Å². The molecular formula is C43H46N3O11S2-. The van der Waals surface area contributed by atoms with E-state index in [1.165, 1.54) is 18.2 Å². The van der Waals surface area contributed by atoms with Crippen molar-refractivity contribution in [3.63, 3.8) is 0 Å². The average Bonchev–Trinajstić information content (AvgIpc) is 3.62. The van der Waals surface area contributed by atoms with Crippen molar-refractivity contribution in [2.75, 3.05) is 30.3 Å². The number of hydroxylamine groups is 2. The average molecular weight is 845 g/mol. The number of hydrogen-bond acceptors (Lipinski definition) is 12. The lowest BCUT2D eigenvalue weighted by Gasteiger charge is -2.30. The Morgan fingerprint density at radius 3 is 2.29 bits per heavy atom. The molecule has 2 amide bonds. The third kappa shape index (κ3) is 9.41. The second-order valence-corrected chi connectivity index (χ2v) is 17.6. The van der Waals surface area contributed by atoms with E-state index in [0.29, 0.717) is 33.5 Å². The molecule has 0 bridgehead atoms. The molecule has 6 rings (SSSR count). The van der Waals surface area contributed by atoms with Gasteiger partial charge in [-0.25, -0.2) is 26.2 Å². The number of allylic oxidation sites excluding steroid dienone is 3. The van der Waals surface area contributed by atoms with Crippen molar-refractivity contribution in [1.29, 1.82) is 0 Å². The standard InChI is InChI=1S/C43H47N3O11S2/c1-5-44(6-2)31-18-20-34-33(29(3)42(56-37(34)27-31)30-13-8-7-9-14-30)15-10-16-38-43(4,24-11-17-41(49)57-46-39(47)22-23-40(46)48)35-28-32(59(53,54)55)19-21-36(35)45(38)25-12-26-58(50,51)52/h7-10,13-16,18-21,27-28H,5-6,11-12,17,22-26H2,1-4H3,(H-,50,51,52,53,54,55)/p-1. The van der Waals surface area contributed by atoms with Crippen LogP contribution < -0.4 is 14.8 Å². The minimum Gasteiger partial charge on any atom is -0.748 e. The van der Waals surface area contributed by atoms with Gasteiger partial charge in [0.15, 0.2) is 0 Å². The Morgan fingerprint density at radius 1 is 0.949 bits per heavy atom. The minimum absolute atomic E-state index is 0.0485. The first-order valence-corrected chi connectivity index (χ1v) is 22.4. The van der Waals surface area contributed by atoms with Gasteiger partial charge >= 0.3 is 5.97 Å². The number of imide groups is 1. The maximum Gasteiger partial charge on any atom is 0.333 e. The summed E-state index contributed by atoms with van der Waals surface area (Å²) in [5.74, 6) is -1.35. The molecule has 312 valence electrons. The quantitative estimate of drug-likeness (QED) is 0.0833. The number of benzene rings is 3. The van der Waals surface area contributed by atoms with Crippen LogP contribution in [0.3, 0.4) is 0 Å². The predicted molar refractivity (Wildman–Crippen MR) is 218 cm³/mol. The fourth-order valence-corrected chi connectivity index (χ4v) is 8.89. The Balaban J connectivity index is 1.46. The zero-order chi connectivity index (χ0) is 42.7. The molecule has 1 fully saturated rings. The lowest BCUT2D eigenvalue weighted by molar-refractivity contribution is -0.197. The fraction of sp³-hybridized carbons (Fsp3) is 0.349. The van der Waals surface area contributed by atoms with Crippen molar-refractivity contribution in [2.45, 2.75) is 76.5 Å². The second kappa shape index (κ2) is 17.4. The van der Waals surface area contributed by atoms with Gasteiger partial charge in [-0.15, -0.1) is 5.06 Å². The molecule has 0 saturated carbocycles. The minimum atomic E-state index is -4.90. The number of nitrogens with zero attached hydrogens (tertiary/aromatic N) is 3. The van der Waals surface area contributed by atoms with E-state index in [1.54, 1.807) is 4.90 Å². The lowest BCUT2D eigenvalue weighted by Crippen LogP contribution is -2.32. The van der Waals surface area contributed by atoms with Crippen molar-refractivity contribution < 1.29 is 49.6 Å². The molecule has 1 atom stereocenters. The van der Waals surface area contributed by atoms with Gasteiger partial charge in [-0.2, -0.15) is 0 Å². The molecule has 4 aliphatic rings. The van der Waals surface area contributed by atoms with Crippen molar-refractivity contribution >= 4 is 49.8 Å². The zero-order valence-corrected chi connectivity index (χ0v) is 34.9. The highest BCUT2D eigenvalue weighted by molar-refractivity contribution is 7.86. The molecular weight excluding hydrogens is 799 g/mol. The number of hydrogen-bond donors (Lipinski definition) is 0. The van der Waals surface area contributed by atoms with Gasteiger partial charge in [0.2, 0.25) is 5.36 Å². The van der Waals surface area contributed by atoms with Crippen molar-refractivity contribution in [1.82, 2.24) is 9.64 Å². The van der Waals surface area contributed by atoms with E-state index in [-0.39, 0.29) is 45.1 Å². The summed E-state index contributed by atoms with van der Waals surface area (Å²) in [5.41, 5.74) is 3.90. The number of anilines is 1. The van der Waals surface area contributed by atoms with Gasteiger partial charge < -0.3 is 23.3 Å². The Labute approximate surface area is 343 Å². The van der Waals surface area contributed by atoms with Gasteiger partial charge in [0.25, 0.3) is 11.8 Å². The van der Waals surface area contributed by atoms with Gasteiger partial charge in [-0.3, -0.25) is 9.59 Å². The topological polar surface area (TPSA) is 197 Å². The fourth-order valence-electron chi connectivity index (χ4n) is 7.91. The highest BCUT2D eigenvalue weighted by Crippen LogP contribution is 2.51. The second-order valence-electron chi connectivity index (χ2n) is 14.7. The van der Waals surface area contributed by atoms with Gasteiger partial charge in [-0.05, 0) is 88.4 Å². The molecule has 16 heteroatoms. The van der Waals surface area contributed by atoms with Crippen LogP contribution in [-0.4, -0.2) is 74.2 Å². The molecule has 59 heavy (non-hydrogen) atoms. The first-order chi connectivity index (χ1) is 27.9. The van der Waals surface area contributed by atoms with Crippen molar-refractivity contribution in [3.05, 3.63) is 107 Å². The van der Waals surface area contributed by atoms with Gasteiger partial charge in [0, 0.05) is 71.1 Å². The van der Waals surface area contributed by atoms with Crippen LogP contribution in [0.15, 0.2) is 93.9 Å². The van der Waals surface area contributed by atoms with Crippen LogP contribution in [0, 0.1) is 6.92 Å². The van der Waals surface area contributed by atoms with Crippen molar-refractivity contribution in [3.8, 4) is 22.6 Å². The van der Waals surface area contributed by atoms with E-state index in [4.69, 9.17) is 9.25 Å². The number of carbonyl (C=O) groups is 3. The van der Waals surface area contributed by atoms with E-state index >= 15 is 0 Å². The molecule has 1 aliphatic carbocycles. The maximum absolute atomic E-state index is 12.8. The Bertz CT molecular complexity index is 2590. The molecule has 3 heterocycles. The molecule has 14 nitrogen and oxygen atoms in total. The molecule has 2 aromatic carbocycles. The first kappa shape index (κ1) is 43.2. The van der Waals surface area contributed by atoms with Crippen molar-refractivity contribution in [2.24, 2.45) is 0 Å². The van der Waals surface area contributed by atoms with Gasteiger partial charge in [0.1, 0.15) is 34.7 Å². The van der Waals surface area contributed by atoms with Crippen LogP contribution in [0.4, 0.5) is 5.69 Å². The number of rotatable bonds is 15. The highest BCUT2D eigenvalue weighted by atomic mass is 32.2. The predicted octanol–water partition coefficient (Wildman–Crippen LogP) is 5.46. The number of fused-ring (bicyclic) bond motifs is 2. The third-order valence-corrected chi connectivity index (χ3v) is 12.5. The summed E-state index contributed by atoms with van der Waals surface area (Å²) in [6.45, 7) is 9.61. The molecule has 0 spiro atoms. The molecule has 1 unspecified atom stereocenters. The summed E-state index contributed by atoms with van der Waals surface area (Å²) in [4.78, 5) is 43.4. The molecule has 3 aliphatic heterocycles. The first-order valence-electron chi connectivity index (χ1n) is 19.4. The number of carbonyl (C=O) groups excluding carboxylic acids is 3. The molecule has 0 aromatic heterocycles. The summed E-state index contributed by atoms with van der Waals surface area (Å²) in [6, 6.07) is 19.7. The van der Waals surface area contributed by atoms with E-state index in [1.807, 2.05) is 80.6 Å². The van der Waals surface area contributed by atoms with Crippen LogP contribution in [0.25, 0.3) is 28.7 Å². The summed E-state index contributed by atoms with van der Waals surface area (Å²) in [7, 11) is -9.47. The van der Waals surface area contributed by atoms with Crippen LogP contribution >= 0.6 is 0 Å². The zero-order valence-electron chi connectivity index (χ0n) is 33.3. The summed E-state index contributed by atoms with van der Waals surface area (Å²) in [5, 5.41) is 1.47. The SMILES string of the molecule is CC[N+](CC)=c1ccc2c(/C=C/C=C3\N(CCCS(=O)(=O)[O-])c4ccc(S(=O)(=O)[O-])cc4C3(C)CCCC(=O)ON3C(=O)CCC3=O)c(C)c(-c3ccccc3)oc-2c1. The van der Waals surface area contributed by atoms with E-state index in [2.05, 4.69) is 18.4 Å². The molecule has 2 aromatic rings. The van der Waals surface area contributed by atoms with E-state index < -0.39 is 54.1 Å². The summed E-state index contributed by atoms with van der Waals surface area (Å²) >= 11 is 0. The lowest BCUT2D eigenvalue weighted by atomic mass is 9.77. The Morgan fingerprint density at radius 2 is 1.64 bits per heavy atom. The summed E-state index contributed by atoms with van der Waals surface area (Å²) in [6.07, 6.45) is 5.51. The van der Waals surface area contributed by atoms with Gasteiger partial charge in [0.05, 0.1) is 21.1 Å². The van der Waals surface area contributed by atoms with Crippen LogP contribution in [-0.2, 0) is 44.9 Å². The third-order valence-electron chi connectivity index (χ3n) is 10.9. The maximum atomic E-state index is 12.8. The molecule has 0 N–H and O–H groups in total. The van der Waals surface area contributed by atoms with Crippen LogP contribution in [0.1, 0.15) is 76.0 Å². The Kier molecular flexibility index (Phi) is 12.8. The van der Waals surface area contributed by atoms with E-state index in [9.17, 15) is 40.3 Å². The van der Waals surface area contributed by atoms with Crippen LogP contribution in [0.5, 0.6) is 0 Å². The molecule has 0 radical (unpaired) electrons. The van der Waals surface area contributed by atoms with E-state index in [0.717, 1.165) is 40.7 Å². The largest absolute Gasteiger partial charge is 0.748 e. The molecule has 1 saturated heterocycles. The normalized spacial score (nSPS) is 17.8. The smallest absolute Gasteiger partial charge is 0.333 e. The highest BCUT2D eigenvalue weighted by Gasteiger charge is 2.43. The Hall–Kier alpha value is -5.42. The number of amides is 2.